The Morgan fingerprint density at radius 1 is 1.50 bits per heavy atom. The number of carbonyl (C=O) groups is 1. The first kappa shape index (κ1) is 8.36. The number of aromatic nitrogens is 4. The molecule has 0 radical (unpaired) electrons. The van der Waals surface area contributed by atoms with E-state index in [2.05, 4.69) is 15.1 Å². The lowest BCUT2D eigenvalue weighted by Gasteiger charge is -1.91. The first-order valence-corrected chi connectivity index (χ1v) is 3.83. The van der Waals surface area contributed by atoms with Gasteiger partial charge in [-0.25, -0.2) is 9.78 Å². The van der Waals surface area contributed by atoms with Crippen molar-refractivity contribution in [1.29, 1.82) is 0 Å². The maximum Gasteiger partial charge on any atom is 0.433 e. The van der Waals surface area contributed by atoms with Crippen LogP contribution in [0.15, 0.2) is 30.9 Å². The maximum atomic E-state index is 10.5. The zero-order valence-electron chi connectivity index (χ0n) is 7.03. The van der Waals surface area contributed by atoms with E-state index in [1.165, 1.54) is 0 Å². The highest BCUT2D eigenvalue weighted by atomic mass is 16.4. The third-order valence-electron chi connectivity index (χ3n) is 1.61. The average molecular weight is 190 g/mol. The van der Waals surface area contributed by atoms with Crippen molar-refractivity contribution >= 4 is 6.09 Å². The van der Waals surface area contributed by atoms with Crippen molar-refractivity contribution in [3.63, 3.8) is 0 Å². The highest BCUT2D eigenvalue weighted by molar-refractivity contribution is 5.67. The molecule has 2 aromatic heterocycles. The van der Waals surface area contributed by atoms with Gasteiger partial charge in [0.1, 0.15) is 6.33 Å². The normalized spacial score (nSPS) is 10.0. The zero-order valence-corrected chi connectivity index (χ0v) is 7.03. The Kier molecular flexibility index (Phi) is 1.94. The van der Waals surface area contributed by atoms with Crippen LogP contribution < -0.4 is 0 Å². The van der Waals surface area contributed by atoms with Gasteiger partial charge in [0.05, 0.1) is 0 Å². The molecule has 0 saturated heterocycles. The Labute approximate surface area is 78.9 Å². The summed E-state index contributed by atoms with van der Waals surface area (Å²) in [6.45, 7) is 0. The van der Waals surface area contributed by atoms with Crippen molar-refractivity contribution in [3.8, 4) is 11.4 Å². The molecule has 0 spiro atoms. The Bertz CT molecular complexity index is 451. The first-order chi connectivity index (χ1) is 6.77. The standard InChI is InChI=1S/C8H6N4O2/c13-8(14)12-5-10-7(11-12)6-2-1-3-9-4-6/h1-5H,(H,13,14). The van der Waals surface area contributed by atoms with Crippen LogP contribution in [0.2, 0.25) is 0 Å². The van der Waals surface area contributed by atoms with Crippen LogP contribution >= 0.6 is 0 Å². The summed E-state index contributed by atoms with van der Waals surface area (Å²) < 4.78 is 0.752. The predicted molar refractivity (Wildman–Crippen MR) is 46.7 cm³/mol. The molecule has 0 atom stereocenters. The molecule has 2 rings (SSSR count). The molecule has 0 aliphatic rings. The number of carboxylic acid groups (broad SMARTS) is 1. The van der Waals surface area contributed by atoms with Gasteiger partial charge in [-0.2, -0.15) is 4.68 Å². The van der Waals surface area contributed by atoms with Crippen LogP contribution in [0.4, 0.5) is 4.79 Å². The summed E-state index contributed by atoms with van der Waals surface area (Å²) in [5.41, 5.74) is 0.688. The quantitative estimate of drug-likeness (QED) is 0.721. The van der Waals surface area contributed by atoms with E-state index in [0.29, 0.717) is 11.4 Å². The lowest BCUT2D eigenvalue weighted by Crippen LogP contribution is -2.07. The maximum absolute atomic E-state index is 10.5. The third-order valence-corrected chi connectivity index (χ3v) is 1.61. The molecular weight excluding hydrogens is 184 g/mol. The minimum Gasteiger partial charge on any atom is -0.463 e. The largest absolute Gasteiger partial charge is 0.463 e. The fourth-order valence-electron chi connectivity index (χ4n) is 0.983. The third kappa shape index (κ3) is 1.45. The second kappa shape index (κ2) is 3.25. The number of rotatable bonds is 1. The van der Waals surface area contributed by atoms with Crippen molar-refractivity contribution in [2.75, 3.05) is 0 Å². The van der Waals surface area contributed by atoms with Gasteiger partial charge in [0.2, 0.25) is 0 Å². The van der Waals surface area contributed by atoms with E-state index in [4.69, 9.17) is 5.11 Å². The van der Waals surface area contributed by atoms with Gasteiger partial charge >= 0.3 is 6.09 Å². The predicted octanol–water partition coefficient (Wildman–Crippen LogP) is 0.866. The molecule has 0 fully saturated rings. The van der Waals surface area contributed by atoms with Crippen LogP contribution in [0, 0.1) is 0 Å². The molecule has 14 heavy (non-hydrogen) atoms. The van der Waals surface area contributed by atoms with Crippen LogP contribution in [0.1, 0.15) is 0 Å². The van der Waals surface area contributed by atoms with Crippen LogP contribution in [-0.4, -0.2) is 30.9 Å². The van der Waals surface area contributed by atoms with Gasteiger partial charge in [0, 0.05) is 18.0 Å². The van der Waals surface area contributed by atoms with Gasteiger partial charge in [-0.05, 0) is 12.1 Å². The highest BCUT2D eigenvalue weighted by Crippen LogP contribution is 2.10. The number of pyridine rings is 1. The lowest BCUT2D eigenvalue weighted by molar-refractivity contribution is 0.192. The second-order valence-corrected chi connectivity index (χ2v) is 2.54. The first-order valence-electron chi connectivity index (χ1n) is 3.83. The fourth-order valence-corrected chi connectivity index (χ4v) is 0.983. The molecule has 0 aromatic carbocycles. The molecule has 0 unspecified atom stereocenters. The van der Waals surface area contributed by atoms with E-state index in [9.17, 15) is 4.79 Å². The molecule has 0 bridgehead atoms. The molecule has 6 nitrogen and oxygen atoms in total. The van der Waals surface area contributed by atoms with Crippen LogP contribution in [0.25, 0.3) is 11.4 Å². The van der Waals surface area contributed by atoms with Gasteiger partial charge < -0.3 is 5.11 Å². The minimum atomic E-state index is -1.16. The molecule has 0 saturated carbocycles. The summed E-state index contributed by atoms with van der Waals surface area (Å²) in [6, 6.07) is 3.49. The van der Waals surface area contributed by atoms with Crippen LogP contribution in [-0.2, 0) is 0 Å². The van der Waals surface area contributed by atoms with Crippen molar-refractivity contribution in [2.24, 2.45) is 0 Å². The van der Waals surface area contributed by atoms with Crippen molar-refractivity contribution < 1.29 is 9.90 Å². The Morgan fingerprint density at radius 2 is 2.36 bits per heavy atom. The van der Waals surface area contributed by atoms with Crippen molar-refractivity contribution in [3.05, 3.63) is 30.9 Å². The van der Waals surface area contributed by atoms with E-state index in [-0.39, 0.29) is 0 Å². The molecular formula is C8H6N4O2. The summed E-state index contributed by atoms with van der Waals surface area (Å²) >= 11 is 0. The van der Waals surface area contributed by atoms with E-state index in [1.807, 2.05) is 0 Å². The van der Waals surface area contributed by atoms with Gasteiger partial charge in [-0.15, -0.1) is 5.10 Å². The molecule has 6 heteroatoms. The Balaban J connectivity index is 2.39. The molecule has 2 heterocycles. The summed E-state index contributed by atoms with van der Waals surface area (Å²) in [7, 11) is 0. The van der Waals surface area contributed by atoms with Gasteiger partial charge in [-0.1, -0.05) is 0 Å². The smallest absolute Gasteiger partial charge is 0.433 e. The zero-order chi connectivity index (χ0) is 9.97. The molecule has 0 amide bonds. The van der Waals surface area contributed by atoms with E-state index >= 15 is 0 Å². The number of nitrogens with zero attached hydrogens (tertiary/aromatic N) is 4. The van der Waals surface area contributed by atoms with E-state index in [0.717, 1.165) is 11.0 Å². The monoisotopic (exact) mass is 190 g/mol. The van der Waals surface area contributed by atoms with Gasteiger partial charge in [0.25, 0.3) is 0 Å². The molecule has 0 aliphatic heterocycles. The van der Waals surface area contributed by atoms with Crippen LogP contribution in [0.5, 0.6) is 0 Å². The molecule has 70 valence electrons. The highest BCUT2D eigenvalue weighted by Gasteiger charge is 2.07. The summed E-state index contributed by atoms with van der Waals surface area (Å²) in [5, 5.41) is 12.3. The minimum absolute atomic E-state index is 0.348. The SMILES string of the molecule is O=C(O)n1cnc(-c2cccnc2)n1. The van der Waals surface area contributed by atoms with E-state index < -0.39 is 6.09 Å². The molecule has 2 aromatic rings. The van der Waals surface area contributed by atoms with Crippen molar-refractivity contribution in [1.82, 2.24) is 19.7 Å². The summed E-state index contributed by atoms with van der Waals surface area (Å²) in [4.78, 5) is 18.2. The number of hydrogen-bond donors (Lipinski definition) is 1. The summed E-state index contributed by atoms with van der Waals surface area (Å²) in [5.74, 6) is 0.348. The average Bonchev–Trinajstić information content (AvgIpc) is 2.68. The topological polar surface area (TPSA) is 80.9 Å². The fraction of sp³-hybridized carbons (Fsp3) is 0. The molecule has 1 N–H and O–H groups in total. The molecule has 0 aliphatic carbocycles. The Hall–Kier alpha value is -2.24. The second-order valence-electron chi connectivity index (χ2n) is 2.54. The lowest BCUT2D eigenvalue weighted by atomic mass is 10.3. The van der Waals surface area contributed by atoms with Crippen LogP contribution in [0.3, 0.4) is 0 Å². The van der Waals surface area contributed by atoms with E-state index in [1.54, 1.807) is 24.5 Å². The Morgan fingerprint density at radius 3 is 2.93 bits per heavy atom. The summed E-state index contributed by atoms with van der Waals surface area (Å²) in [6.07, 6.45) is 3.18. The van der Waals surface area contributed by atoms with Gasteiger partial charge in [0.15, 0.2) is 5.82 Å². The van der Waals surface area contributed by atoms with Crippen molar-refractivity contribution in [2.45, 2.75) is 0 Å². The van der Waals surface area contributed by atoms with Gasteiger partial charge in [-0.3, -0.25) is 4.98 Å². The number of hydrogen-bond acceptors (Lipinski definition) is 4.